The van der Waals surface area contributed by atoms with Crippen molar-refractivity contribution in [2.45, 2.75) is 51.5 Å². The van der Waals surface area contributed by atoms with E-state index in [1.54, 1.807) is 0 Å². The number of nitrogens with two attached hydrogens (primary N) is 1. The van der Waals surface area contributed by atoms with Gasteiger partial charge in [0.2, 0.25) is 0 Å². The molecule has 0 aromatic rings. The molecule has 3 fully saturated rings. The molecule has 0 amide bonds. The molecule has 2 N–H and O–H groups in total. The SMILES string of the molecule is CC(N=C(N)C1CC1)C1CC2CCC1C2. The minimum atomic E-state index is 0.487. The molecule has 0 aromatic carbocycles. The minimum absolute atomic E-state index is 0.487. The summed E-state index contributed by atoms with van der Waals surface area (Å²) in [5, 5.41) is 0. The largest absolute Gasteiger partial charge is 0.387 e. The summed E-state index contributed by atoms with van der Waals surface area (Å²) in [5.74, 6) is 4.44. The summed E-state index contributed by atoms with van der Waals surface area (Å²) in [6.07, 6.45) is 8.40. The molecule has 0 aromatic heterocycles. The normalized spacial score (nSPS) is 42.2. The molecule has 0 saturated heterocycles. The van der Waals surface area contributed by atoms with E-state index in [4.69, 9.17) is 10.7 Å². The second kappa shape index (κ2) is 3.50. The van der Waals surface area contributed by atoms with Crippen LogP contribution in [0, 0.1) is 23.7 Å². The van der Waals surface area contributed by atoms with Crippen LogP contribution >= 0.6 is 0 Å². The van der Waals surface area contributed by atoms with Crippen molar-refractivity contribution in [2.75, 3.05) is 0 Å². The number of amidine groups is 1. The van der Waals surface area contributed by atoms with E-state index in [-0.39, 0.29) is 0 Å². The van der Waals surface area contributed by atoms with E-state index >= 15 is 0 Å². The van der Waals surface area contributed by atoms with E-state index in [1.807, 2.05) is 0 Å². The predicted molar refractivity (Wildman–Crippen MR) is 62.7 cm³/mol. The van der Waals surface area contributed by atoms with Crippen molar-refractivity contribution < 1.29 is 0 Å². The summed E-state index contributed by atoms with van der Waals surface area (Å²) in [5.41, 5.74) is 6.00. The van der Waals surface area contributed by atoms with Gasteiger partial charge in [0.25, 0.3) is 0 Å². The maximum absolute atomic E-state index is 6.00. The summed E-state index contributed by atoms with van der Waals surface area (Å²) in [7, 11) is 0. The molecule has 0 radical (unpaired) electrons. The van der Waals surface area contributed by atoms with Crippen molar-refractivity contribution >= 4 is 5.84 Å². The first kappa shape index (κ1) is 9.68. The van der Waals surface area contributed by atoms with E-state index in [1.165, 1.54) is 38.5 Å². The van der Waals surface area contributed by atoms with Gasteiger partial charge in [0.15, 0.2) is 0 Å². The van der Waals surface area contributed by atoms with Gasteiger partial charge in [-0.3, -0.25) is 4.99 Å². The molecule has 0 spiro atoms. The average Bonchev–Trinajstić information content (AvgIpc) is 2.87. The highest BCUT2D eigenvalue weighted by atomic mass is 14.9. The van der Waals surface area contributed by atoms with Crippen LogP contribution in [0.15, 0.2) is 4.99 Å². The molecule has 15 heavy (non-hydrogen) atoms. The number of fused-ring (bicyclic) bond motifs is 2. The maximum Gasteiger partial charge on any atom is 0.0971 e. The monoisotopic (exact) mass is 206 g/mol. The van der Waals surface area contributed by atoms with Crippen LogP contribution in [0.4, 0.5) is 0 Å². The molecular weight excluding hydrogens is 184 g/mol. The average molecular weight is 206 g/mol. The van der Waals surface area contributed by atoms with Crippen LogP contribution in [0.3, 0.4) is 0 Å². The number of hydrogen-bond acceptors (Lipinski definition) is 1. The Balaban J connectivity index is 1.64. The Bertz CT molecular complexity index is 280. The van der Waals surface area contributed by atoms with Crippen LogP contribution in [0.25, 0.3) is 0 Å². The molecule has 3 saturated carbocycles. The van der Waals surface area contributed by atoms with Crippen molar-refractivity contribution in [1.82, 2.24) is 0 Å². The smallest absolute Gasteiger partial charge is 0.0971 e. The van der Waals surface area contributed by atoms with Gasteiger partial charge in [0, 0.05) is 5.92 Å². The van der Waals surface area contributed by atoms with E-state index < -0.39 is 0 Å². The van der Waals surface area contributed by atoms with Gasteiger partial charge in [-0.25, -0.2) is 0 Å². The summed E-state index contributed by atoms with van der Waals surface area (Å²) in [6.45, 7) is 2.28. The predicted octanol–water partition coefficient (Wildman–Crippen LogP) is 2.58. The van der Waals surface area contributed by atoms with E-state index in [9.17, 15) is 0 Å². The van der Waals surface area contributed by atoms with Crippen molar-refractivity contribution in [3.05, 3.63) is 0 Å². The first-order valence-corrected chi connectivity index (χ1v) is 6.57. The maximum atomic E-state index is 6.00. The number of nitrogens with zero attached hydrogens (tertiary/aromatic N) is 1. The lowest BCUT2D eigenvalue weighted by Crippen LogP contribution is -2.25. The highest BCUT2D eigenvalue weighted by molar-refractivity contribution is 5.85. The molecule has 0 heterocycles. The number of rotatable bonds is 3. The third kappa shape index (κ3) is 1.79. The van der Waals surface area contributed by atoms with Gasteiger partial charge in [-0.05, 0) is 56.8 Å². The Morgan fingerprint density at radius 1 is 1.20 bits per heavy atom. The lowest BCUT2D eigenvalue weighted by Gasteiger charge is -2.25. The third-order valence-corrected chi connectivity index (χ3v) is 4.76. The van der Waals surface area contributed by atoms with Crippen LogP contribution in [0.1, 0.15) is 45.4 Å². The topological polar surface area (TPSA) is 38.4 Å². The van der Waals surface area contributed by atoms with Crippen LogP contribution in [0.2, 0.25) is 0 Å². The lowest BCUT2D eigenvalue weighted by molar-refractivity contribution is 0.293. The quantitative estimate of drug-likeness (QED) is 0.559. The first-order valence-electron chi connectivity index (χ1n) is 6.57. The summed E-state index contributed by atoms with van der Waals surface area (Å²) >= 11 is 0. The summed E-state index contributed by atoms with van der Waals surface area (Å²) < 4.78 is 0. The fourth-order valence-electron chi connectivity index (χ4n) is 3.70. The van der Waals surface area contributed by atoms with Crippen LogP contribution in [-0.2, 0) is 0 Å². The molecule has 2 nitrogen and oxygen atoms in total. The van der Waals surface area contributed by atoms with Gasteiger partial charge in [-0.15, -0.1) is 0 Å². The van der Waals surface area contributed by atoms with Crippen molar-refractivity contribution in [3.8, 4) is 0 Å². The van der Waals surface area contributed by atoms with E-state index in [2.05, 4.69) is 6.92 Å². The van der Waals surface area contributed by atoms with Crippen LogP contribution < -0.4 is 5.73 Å². The Morgan fingerprint density at radius 3 is 2.53 bits per heavy atom. The van der Waals surface area contributed by atoms with Crippen molar-refractivity contribution in [3.63, 3.8) is 0 Å². The standard InChI is InChI=1S/C13H22N2/c1-8(15-13(14)10-4-5-10)12-7-9-2-3-11(12)6-9/h8-12H,2-7H2,1H3,(H2,14,15). The van der Waals surface area contributed by atoms with Gasteiger partial charge in [0.1, 0.15) is 0 Å². The van der Waals surface area contributed by atoms with Crippen LogP contribution in [-0.4, -0.2) is 11.9 Å². The molecule has 3 aliphatic rings. The molecule has 84 valence electrons. The van der Waals surface area contributed by atoms with Crippen molar-refractivity contribution in [1.29, 1.82) is 0 Å². The first-order chi connectivity index (χ1) is 7.24. The second-order valence-electron chi connectivity index (χ2n) is 5.91. The highest BCUT2D eigenvalue weighted by Crippen LogP contribution is 2.50. The Hall–Kier alpha value is -0.530. The second-order valence-corrected chi connectivity index (χ2v) is 5.91. The Morgan fingerprint density at radius 2 is 2.00 bits per heavy atom. The van der Waals surface area contributed by atoms with Gasteiger partial charge in [-0.1, -0.05) is 6.42 Å². The zero-order valence-corrected chi connectivity index (χ0v) is 9.65. The lowest BCUT2D eigenvalue weighted by atomic mass is 9.84. The van der Waals surface area contributed by atoms with Crippen LogP contribution in [0.5, 0.6) is 0 Å². The van der Waals surface area contributed by atoms with Gasteiger partial charge < -0.3 is 5.73 Å². The number of hydrogen-bond donors (Lipinski definition) is 1. The summed E-state index contributed by atoms with van der Waals surface area (Å²) in [4.78, 5) is 4.73. The molecule has 2 heteroatoms. The highest BCUT2D eigenvalue weighted by Gasteiger charge is 2.42. The molecule has 3 rings (SSSR count). The molecule has 4 atom stereocenters. The molecule has 4 unspecified atom stereocenters. The molecule has 0 aliphatic heterocycles. The van der Waals surface area contributed by atoms with Gasteiger partial charge in [-0.2, -0.15) is 0 Å². The number of aliphatic imine (C=N–C) groups is 1. The van der Waals surface area contributed by atoms with E-state index in [0.717, 1.165) is 23.6 Å². The Kier molecular flexibility index (Phi) is 2.26. The van der Waals surface area contributed by atoms with Gasteiger partial charge >= 0.3 is 0 Å². The molecule has 3 aliphatic carbocycles. The van der Waals surface area contributed by atoms with E-state index in [0.29, 0.717) is 12.0 Å². The fourth-order valence-corrected chi connectivity index (χ4v) is 3.70. The zero-order valence-electron chi connectivity index (χ0n) is 9.65. The fraction of sp³-hybridized carbons (Fsp3) is 0.923. The molecule has 2 bridgehead atoms. The van der Waals surface area contributed by atoms with Crippen molar-refractivity contribution in [2.24, 2.45) is 34.4 Å². The Labute approximate surface area is 92.3 Å². The zero-order chi connectivity index (χ0) is 10.4. The van der Waals surface area contributed by atoms with Gasteiger partial charge in [0.05, 0.1) is 11.9 Å². The summed E-state index contributed by atoms with van der Waals surface area (Å²) in [6, 6.07) is 0.487. The minimum Gasteiger partial charge on any atom is -0.387 e. The molecular formula is C13H22N2. The third-order valence-electron chi connectivity index (χ3n) is 4.76.